The van der Waals surface area contributed by atoms with Gasteiger partial charge in [0.25, 0.3) is 0 Å². The van der Waals surface area contributed by atoms with Gasteiger partial charge in [-0.05, 0) is 30.9 Å². The van der Waals surface area contributed by atoms with Gasteiger partial charge in [-0.2, -0.15) is 15.0 Å². The number of anilines is 2. The fraction of sp³-hybridized carbons (Fsp3) is 0.583. The largest absolute Gasteiger partial charge is 0.353 e. The Balaban J connectivity index is 2.07. The van der Waals surface area contributed by atoms with E-state index < -0.39 is 0 Å². The highest BCUT2D eigenvalue weighted by atomic mass is 35.5. The molecule has 1 aromatic rings. The van der Waals surface area contributed by atoms with Crippen molar-refractivity contribution in [2.24, 2.45) is 0 Å². The minimum absolute atomic E-state index is 0.216. The quantitative estimate of drug-likeness (QED) is 0.666. The summed E-state index contributed by atoms with van der Waals surface area (Å²) in [5.41, 5.74) is 0. The molecular formula is C12H16ClN5. The van der Waals surface area contributed by atoms with E-state index in [4.69, 9.17) is 18.0 Å². The second-order valence-electron chi connectivity index (χ2n) is 4.16. The van der Waals surface area contributed by atoms with Gasteiger partial charge in [-0.15, -0.1) is 12.3 Å². The van der Waals surface area contributed by atoms with Gasteiger partial charge in [0.1, 0.15) is 0 Å². The molecule has 0 atom stereocenters. The van der Waals surface area contributed by atoms with Crippen molar-refractivity contribution in [2.75, 3.05) is 29.9 Å². The van der Waals surface area contributed by atoms with Crippen LogP contribution in [0, 0.1) is 12.3 Å². The fourth-order valence-corrected chi connectivity index (χ4v) is 2.06. The molecule has 0 radical (unpaired) electrons. The molecule has 1 N–H and O–H groups in total. The molecule has 0 spiro atoms. The number of nitrogens with one attached hydrogen (secondary N) is 1. The van der Waals surface area contributed by atoms with Crippen LogP contribution >= 0.6 is 11.6 Å². The van der Waals surface area contributed by atoms with Crippen LogP contribution in [0.2, 0.25) is 5.28 Å². The molecule has 0 unspecified atom stereocenters. The highest BCUT2D eigenvalue weighted by molar-refractivity contribution is 6.28. The average molecular weight is 266 g/mol. The number of hydrogen-bond donors (Lipinski definition) is 1. The molecule has 1 saturated heterocycles. The molecule has 1 aliphatic heterocycles. The Morgan fingerprint density at radius 1 is 1.22 bits per heavy atom. The lowest BCUT2D eigenvalue weighted by Crippen LogP contribution is -2.31. The van der Waals surface area contributed by atoms with Gasteiger partial charge in [-0.25, -0.2) is 0 Å². The third-order valence-electron chi connectivity index (χ3n) is 2.79. The number of piperidine rings is 1. The van der Waals surface area contributed by atoms with Crippen molar-refractivity contribution in [3.63, 3.8) is 0 Å². The van der Waals surface area contributed by atoms with Crippen LogP contribution in [0.25, 0.3) is 0 Å². The number of nitrogens with zero attached hydrogens (tertiary/aromatic N) is 4. The third-order valence-corrected chi connectivity index (χ3v) is 2.96. The molecule has 0 bridgehead atoms. The Bertz CT molecular complexity index is 437. The minimum Gasteiger partial charge on any atom is -0.353 e. The number of halogens is 1. The molecule has 5 nitrogen and oxygen atoms in total. The van der Waals surface area contributed by atoms with E-state index in [1.54, 1.807) is 0 Å². The van der Waals surface area contributed by atoms with E-state index in [9.17, 15) is 0 Å². The number of terminal acetylenes is 1. The second kappa shape index (κ2) is 6.41. The van der Waals surface area contributed by atoms with Gasteiger partial charge in [0.15, 0.2) is 0 Å². The first-order valence-corrected chi connectivity index (χ1v) is 6.51. The number of hydrogen-bond acceptors (Lipinski definition) is 5. The third kappa shape index (κ3) is 3.47. The fourth-order valence-electron chi connectivity index (χ4n) is 1.90. The first kappa shape index (κ1) is 12.9. The monoisotopic (exact) mass is 265 g/mol. The standard InChI is InChI=1S/C12H16ClN5/c1-2-3-7-14-11-15-10(13)16-12(17-11)18-8-5-4-6-9-18/h1H,3-9H2,(H,14,15,16,17). The summed E-state index contributed by atoms with van der Waals surface area (Å²) in [6, 6.07) is 0. The van der Waals surface area contributed by atoms with Gasteiger partial charge < -0.3 is 10.2 Å². The summed E-state index contributed by atoms with van der Waals surface area (Å²) in [7, 11) is 0. The summed E-state index contributed by atoms with van der Waals surface area (Å²) >= 11 is 5.91. The lowest BCUT2D eigenvalue weighted by atomic mass is 10.1. The maximum atomic E-state index is 5.91. The molecule has 96 valence electrons. The summed E-state index contributed by atoms with van der Waals surface area (Å²) in [5, 5.41) is 3.27. The molecule has 0 aliphatic carbocycles. The predicted molar refractivity (Wildman–Crippen MR) is 72.8 cm³/mol. The number of rotatable bonds is 4. The Hall–Kier alpha value is -1.54. The van der Waals surface area contributed by atoms with E-state index in [-0.39, 0.29) is 5.28 Å². The van der Waals surface area contributed by atoms with Crippen LogP contribution in [0.5, 0.6) is 0 Å². The van der Waals surface area contributed by atoms with E-state index in [0.717, 1.165) is 13.1 Å². The molecule has 1 aliphatic rings. The molecule has 0 aromatic carbocycles. The lowest BCUT2D eigenvalue weighted by Gasteiger charge is -2.26. The summed E-state index contributed by atoms with van der Waals surface area (Å²) in [6.45, 7) is 2.59. The molecular weight excluding hydrogens is 250 g/mol. The summed E-state index contributed by atoms with van der Waals surface area (Å²) in [4.78, 5) is 14.7. The van der Waals surface area contributed by atoms with E-state index >= 15 is 0 Å². The van der Waals surface area contributed by atoms with Crippen LogP contribution in [0.1, 0.15) is 25.7 Å². The molecule has 1 aromatic heterocycles. The molecule has 18 heavy (non-hydrogen) atoms. The average Bonchev–Trinajstić information content (AvgIpc) is 2.39. The van der Waals surface area contributed by atoms with Crippen molar-refractivity contribution in [1.82, 2.24) is 15.0 Å². The molecule has 2 heterocycles. The zero-order chi connectivity index (χ0) is 12.8. The van der Waals surface area contributed by atoms with Crippen molar-refractivity contribution in [2.45, 2.75) is 25.7 Å². The van der Waals surface area contributed by atoms with E-state index in [0.29, 0.717) is 24.9 Å². The zero-order valence-electron chi connectivity index (χ0n) is 10.2. The highest BCUT2D eigenvalue weighted by Crippen LogP contribution is 2.18. The maximum Gasteiger partial charge on any atom is 0.231 e. The first-order chi connectivity index (χ1) is 8.79. The normalized spacial score (nSPS) is 15.2. The molecule has 0 saturated carbocycles. The molecule has 0 amide bonds. The van der Waals surface area contributed by atoms with Crippen LogP contribution in [-0.4, -0.2) is 34.6 Å². The SMILES string of the molecule is C#CCCNc1nc(Cl)nc(N2CCCCC2)n1. The predicted octanol–water partition coefficient (Wildman–Crippen LogP) is 1.95. The Morgan fingerprint density at radius 3 is 2.72 bits per heavy atom. The smallest absolute Gasteiger partial charge is 0.231 e. The molecule has 1 fully saturated rings. The zero-order valence-corrected chi connectivity index (χ0v) is 10.9. The van der Waals surface area contributed by atoms with E-state index in [1.807, 2.05) is 0 Å². The minimum atomic E-state index is 0.216. The highest BCUT2D eigenvalue weighted by Gasteiger charge is 2.15. The van der Waals surface area contributed by atoms with Gasteiger partial charge in [0.2, 0.25) is 17.2 Å². The second-order valence-corrected chi connectivity index (χ2v) is 4.49. The first-order valence-electron chi connectivity index (χ1n) is 6.13. The van der Waals surface area contributed by atoms with Crippen LogP contribution < -0.4 is 10.2 Å². The van der Waals surface area contributed by atoms with E-state index in [1.165, 1.54) is 19.3 Å². The molecule has 6 heteroatoms. The van der Waals surface area contributed by atoms with Crippen LogP contribution in [0.4, 0.5) is 11.9 Å². The van der Waals surface area contributed by atoms with E-state index in [2.05, 4.69) is 31.1 Å². The molecule has 2 rings (SSSR count). The van der Waals surface area contributed by atoms with Crippen LogP contribution in [-0.2, 0) is 0 Å². The van der Waals surface area contributed by atoms with Crippen LogP contribution in [0.15, 0.2) is 0 Å². The van der Waals surface area contributed by atoms with Gasteiger partial charge >= 0.3 is 0 Å². The van der Waals surface area contributed by atoms with Gasteiger partial charge in [-0.3, -0.25) is 0 Å². The Morgan fingerprint density at radius 2 is 2.00 bits per heavy atom. The number of aromatic nitrogens is 3. The van der Waals surface area contributed by atoms with Crippen molar-refractivity contribution >= 4 is 23.5 Å². The topological polar surface area (TPSA) is 53.9 Å². The van der Waals surface area contributed by atoms with Crippen LogP contribution in [0.3, 0.4) is 0 Å². The van der Waals surface area contributed by atoms with Gasteiger partial charge in [-0.1, -0.05) is 0 Å². The van der Waals surface area contributed by atoms with Crippen molar-refractivity contribution in [3.05, 3.63) is 5.28 Å². The van der Waals surface area contributed by atoms with Crippen molar-refractivity contribution in [1.29, 1.82) is 0 Å². The van der Waals surface area contributed by atoms with Gasteiger partial charge in [0, 0.05) is 26.1 Å². The lowest BCUT2D eigenvalue weighted by molar-refractivity contribution is 0.567. The Kier molecular flexibility index (Phi) is 4.59. The summed E-state index contributed by atoms with van der Waals surface area (Å²) in [6.07, 6.45) is 9.43. The van der Waals surface area contributed by atoms with Crippen molar-refractivity contribution < 1.29 is 0 Å². The Labute approximate surface area is 112 Å². The van der Waals surface area contributed by atoms with Gasteiger partial charge in [0.05, 0.1) is 0 Å². The summed E-state index contributed by atoms with van der Waals surface area (Å²) < 4.78 is 0. The summed E-state index contributed by atoms with van der Waals surface area (Å²) in [5.74, 6) is 3.70. The maximum absolute atomic E-state index is 5.91. The van der Waals surface area contributed by atoms with Crippen molar-refractivity contribution in [3.8, 4) is 12.3 Å².